The normalized spacial score (nSPS) is 18.2. The zero-order valence-electron chi connectivity index (χ0n) is 48.8. The fourth-order valence-electron chi connectivity index (χ4n) is 10.8. The molecule has 2 saturated heterocycles. The molecule has 2 aromatic carbocycles. The summed E-state index contributed by atoms with van der Waals surface area (Å²) >= 11 is 16.3. The molecule has 26 heteroatoms. The van der Waals surface area contributed by atoms with Crippen molar-refractivity contribution in [3.63, 3.8) is 0 Å². The smallest absolute Gasteiger partial charge is 0.255 e. The van der Waals surface area contributed by atoms with Crippen LogP contribution >= 0.6 is 39.1 Å². The number of aromatic nitrogens is 8. The average molecular weight is 1290 g/mol. The number of likely N-dealkylation sites (tertiary alicyclic amines) is 2. The molecule has 2 saturated carbocycles. The molecular weight excluding hydrogens is 1210 g/mol. The van der Waals surface area contributed by atoms with Gasteiger partial charge in [-0.3, -0.25) is 19.2 Å². The van der Waals surface area contributed by atoms with Gasteiger partial charge in [-0.25, -0.2) is 19.3 Å². The van der Waals surface area contributed by atoms with Crippen molar-refractivity contribution in [2.24, 2.45) is 11.5 Å². The van der Waals surface area contributed by atoms with Crippen LogP contribution in [0.25, 0.3) is 22.1 Å². The van der Waals surface area contributed by atoms with Crippen molar-refractivity contribution in [3.05, 3.63) is 104 Å². The number of ether oxygens (including phenoxy) is 2. The van der Waals surface area contributed by atoms with Crippen LogP contribution in [-0.4, -0.2) is 169 Å². The predicted molar refractivity (Wildman–Crippen MR) is 335 cm³/mol. The van der Waals surface area contributed by atoms with E-state index in [1.165, 1.54) is 25.0 Å². The van der Waals surface area contributed by atoms with Crippen LogP contribution < -0.4 is 22.1 Å². The summed E-state index contributed by atoms with van der Waals surface area (Å²) in [4.78, 5) is 61.7. The Morgan fingerprint density at radius 2 is 1.14 bits per heavy atom. The van der Waals surface area contributed by atoms with Crippen LogP contribution in [0, 0.1) is 37.2 Å². The van der Waals surface area contributed by atoms with E-state index in [9.17, 15) is 24.3 Å². The molecule has 85 heavy (non-hydrogen) atoms. The summed E-state index contributed by atoms with van der Waals surface area (Å²) in [6, 6.07) is 8.08. The van der Waals surface area contributed by atoms with Crippen molar-refractivity contribution in [3.8, 4) is 23.3 Å². The minimum absolute atomic E-state index is 0.101. The number of nitrogens with two attached hydrogens (primary N) is 2. The SMILES string of the molecule is C=CC(=O)N1C[C@@H](n2nc(Br)c(C(N)=O)c2NCCO)C[C@@H]1COC.C=CC(=O)N1C[C@@H](n2nc(C#Cc3cc4nc(C)n(C5CC5)c4cc3Cl)c(C(N)=O)c2NCCO)C[C@@H]1COC.Cc1nc2cc(C#C[Si](C)(C)C)c(Cl)cc2n1C1CC1. The molecule has 0 spiro atoms. The maximum atomic E-state index is 12.6. The molecule has 4 atom stereocenters. The number of nitrogens with zero attached hydrogens (tertiary/aromatic N) is 10. The molecule has 22 nitrogen and oxygen atoms in total. The molecule has 0 radical (unpaired) electrons. The first-order chi connectivity index (χ1) is 40.6. The highest BCUT2D eigenvalue weighted by molar-refractivity contribution is 9.10. The first-order valence-corrected chi connectivity index (χ1v) is 33.1. The van der Waals surface area contributed by atoms with E-state index in [0.717, 1.165) is 57.1 Å². The van der Waals surface area contributed by atoms with Gasteiger partial charge < -0.3 is 60.7 Å². The molecule has 2 aliphatic heterocycles. The standard InChI is InChI=1S/C28H32ClN7O4.C16H19ClN2Si.C15H22BrN5O4/c1-4-25(38)34-14-19(12-20(34)15-40-3)36-28(31-9-10-37)26(27(30)39)22(33-36)8-5-17-11-23-24(13-21(17)29)35(16(2)32-23)18-6-7-18;1-11-18-15-9-12(7-8-20(2,3)4)14(17)10-16(15)19(11)13-5-6-13;1-3-11(23)20-7-9(6-10(20)8-25-2)21-15(18-4-5-22)12(14(17)24)13(16)19-21/h4,11,13,18-20,31,37H,1,6-7,9-10,12,14-15H2,2-3H3,(H2,30,39);9-10,13H,5-6H2,1-4H3;3,9-10,18,22H,1,4-8H2,2H3,(H2,17,24)/t19-,20+;;9-,10+/m0.0/s1. The van der Waals surface area contributed by atoms with Gasteiger partial charge in [0.05, 0.1) is 82.7 Å². The molecule has 4 aliphatic rings. The number of aliphatic hydroxyl groups is 2. The lowest BCUT2D eigenvalue weighted by Crippen LogP contribution is -2.37. The molecule has 6 heterocycles. The molecule has 0 bridgehead atoms. The minimum atomic E-state index is -1.39. The Kier molecular flexibility index (Phi) is 20.8. The molecule has 6 aromatic rings. The second-order valence-electron chi connectivity index (χ2n) is 22.3. The predicted octanol–water partition coefficient (Wildman–Crippen LogP) is 7.09. The second-order valence-corrected chi connectivity index (χ2v) is 28.6. The van der Waals surface area contributed by atoms with Crippen molar-refractivity contribution >= 4 is 105 Å². The van der Waals surface area contributed by atoms with Gasteiger partial charge in [0.2, 0.25) is 11.8 Å². The van der Waals surface area contributed by atoms with Crippen LogP contribution in [0.15, 0.2) is 54.2 Å². The fraction of sp³-hybridized carbons (Fsp3) is 0.458. The Labute approximate surface area is 513 Å². The zero-order valence-corrected chi connectivity index (χ0v) is 52.9. The van der Waals surface area contributed by atoms with Crippen LogP contribution in [0.5, 0.6) is 0 Å². The van der Waals surface area contributed by atoms with Crippen molar-refractivity contribution in [2.45, 2.75) is 108 Å². The maximum Gasteiger partial charge on any atom is 0.255 e. The average Bonchev–Trinajstić information content (AvgIpc) is 2.83. The van der Waals surface area contributed by atoms with Crippen molar-refractivity contribution in [1.29, 1.82) is 0 Å². The molecule has 0 unspecified atom stereocenters. The number of amides is 4. The highest BCUT2D eigenvalue weighted by Crippen LogP contribution is 2.41. The third-order valence-electron chi connectivity index (χ3n) is 14.8. The van der Waals surface area contributed by atoms with Crippen molar-refractivity contribution < 1.29 is 38.9 Å². The van der Waals surface area contributed by atoms with Crippen LogP contribution in [0.3, 0.4) is 0 Å². The fourth-order valence-corrected chi connectivity index (χ4v) is 12.3. The number of rotatable bonds is 18. The van der Waals surface area contributed by atoms with Crippen LogP contribution in [0.2, 0.25) is 29.7 Å². The Hall–Kier alpha value is -7.00. The third kappa shape index (κ3) is 14.6. The largest absolute Gasteiger partial charge is 0.395 e. The molecule has 2 aliphatic carbocycles. The number of primary amides is 2. The van der Waals surface area contributed by atoms with Gasteiger partial charge in [-0.1, -0.05) is 67.8 Å². The Balaban J connectivity index is 0.000000179. The number of anilines is 2. The number of nitrogens with one attached hydrogen (secondary N) is 2. The molecule has 4 fully saturated rings. The first-order valence-electron chi connectivity index (χ1n) is 28.0. The molecule has 10 rings (SSSR count). The Morgan fingerprint density at radius 1 is 0.706 bits per heavy atom. The van der Waals surface area contributed by atoms with E-state index >= 15 is 0 Å². The minimum Gasteiger partial charge on any atom is -0.395 e. The highest BCUT2D eigenvalue weighted by atomic mass is 79.9. The number of hydrogen-bond acceptors (Lipinski definition) is 14. The molecule has 452 valence electrons. The second kappa shape index (κ2) is 27.6. The van der Waals surface area contributed by atoms with Crippen LogP contribution in [0.1, 0.15) is 112 Å². The number of hydrogen-bond donors (Lipinski definition) is 6. The molecule has 4 aromatic heterocycles. The summed E-state index contributed by atoms with van der Waals surface area (Å²) in [6.07, 6.45) is 8.42. The van der Waals surface area contributed by atoms with E-state index in [0.29, 0.717) is 78.1 Å². The Morgan fingerprint density at radius 3 is 1.54 bits per heavy atom. The summed E-state index contributed by atoms with van der Waals surface area (Å²) in [7, 11) is 1.76. The van der Waals surface area contributed by atoms with Gasteiger partial charge >= 0.3 is 0 Å². The summed E-state index contributed by atoms with van der Waals surface area (Å²) in [5, 5.41) is 34.8. The van der Waals surface area contributed by atoms with Gasteiger partial charge in [-0.05, 0) is 111 Å². The topological polar surface area (TPSA) is 281 Å². The zero-order chi connectivity index (χ0) is 61.6. The van der Waals surface area contributed by atoms with Crippen LogP contribution in [-0.2, 0) is 19.1 Å². The number of fused-ring (bicyclic) bond motifs is 2. The lowest BCUT2D eigenvalue weighted by Gasteiger charge is -2.22. The number of benzene rings is 2. The lowest BCUT2D eigenvalue weighted by atomic mass is 10.1. The van der Waals surface area contributed by atoms with Gasteiger partial charge in [0, 0.05) is 63.6 Å². The summed E-state index contributed by atoms with van der Waals surface area (Å²) in [6.45, 7) is 19.5. The van der Waals surface area contributed by atoms with Crippen molar-refractivity contribution in [1.82, 2.24) is 48.5 Å². The number of halogens is 3. The van der Waals surface area contributed by atoms with Gasteiger partial charge in [-0.2, -0.15) is 10.2 Å². The van der Waals surface area contributed by atoms with Gasteiger partial charge in [0.25, 0.3) is 11.8 Å². The third-order valence-corrected chi connectivity index (χ3v) is 16.9. The van der Waals surface area contributed by atoms with E-state index in [1.807, 2.05) is 31.2 Å². The van der Waals surface area contributed by atoms with E-state index < -0.39 is 19.9 Å². The molecule has 8 N–H and O–H groups in total. The molecule has 4 amide bonds. The number of methoxy groups -OCH3 is 2. The number of aryl methyl sites for hydroxylation is 2. The van der Waals surface area contributed by atoms with Gasteiger partial charge in [0.1, 0.15) is 47.1 Å². The van der Waals surface area contributed by atoms with Crippen LogP contribution in [0.4, 0.5) is 11.6 Å². The first kappa shape index (κ1) is 64.0. The Bertz CT molecular complexity index is 3670. The summed E-state index contributed by atoms with van der Waals surface area (Å²) in [5.41, 5.74) is 20.5. The van der Waals surface area contributed by atoms with Crippen molar-refractivity contribution in [2.75, 3.05) is 77.5 Å². The number of imidazole rings is 2. The quantitative estimate of drug-likeness (QED) is 0.0285. The van der Waals surface area contributed by atoms with E-state index in [4.69, 9.17) is 54.2 Å². The monoisotopic (exact) mass is 1280 g/mol. The van der Waals surface area contributed by atoms with E-state index in [2.05, 4.69) is 114 Å². The van der Waals surface area contributed by atoms with E-state index in [1.54, 1.807) is 33.4 Å². The number of carbonyl (C=O) groups is 4. The van der Waals surface area contributed by atoms with Gasteiger partial charge in [0.15, 0.2) is 5.69 Å². The van der Waals surface area contributed by atoms with Gasteiger partial charge in [-0.15, -0.1) is 5.54 Å². The highest BCUT2D eigenvalue weighted by Gasteiger charge is 2.40. The number of aliphatic hydroxyl groups excluding tert-OH is 2. The molecular formula is C59H73BrCl2N14O8Si. The summed E-state index contributed by atoms with van der Waals surface area (Å²) < 4.78 is 18.6. The maximum absolute atomic E-state index is 12.6. The van der Waals surface area contributed by atoms with E-state index in [-0.39, 0.29) is 79.1 Å². The number of carbonyl (C=O) groups excluding carboxylic acids is 4. The summed E-state index contributed by atoms with van der Waals surface area (Å²) in [5.74, 6) is 10.3. The lowest BCUT2D eigenvalue weighted by molar-refractivity contribution is -0.128.